The van der Waals surface area contributed by atoms with Crippen LogP contribution in [0.3, 0.4) is 0 Å². The molecule has 0 radical (unpaired) electrons. The number of hydrogen-bond acceptors (Lipinski definition) is 3. The van der Waals surface area contributed by atoms with Gasteiger partial charge in [0.2, 0.25) is 5.89 Å². The minimum Gasteiger partial charge on any atom is -0.435 e. The Bertz CT molecular complexity index is 708. The van der Waals surface area contributed by atoms with Crippen LogP contribution >= 0.6 is 0 Å². The lowest BCUT2D eigenvalue weighted by molar-refractivity contribution is 0.590. The number of pyridine rings is 1. The minimum atomic E-state index is 0.109. The molecule has 3 nitrogen and oxygen atoms in total. The highest BCUT2D eigenvalue weighted by atomic mass is 16.3. The second kappa shape index (κ2) is 4.19. The molecule has 0 atom stereocenters. The third kappa shape index (κ3) is 2.24. The number of hydrogen-bond donors (Lipinski definition) is 0. The van der Waals surface area contributed by atoms with E-state index in [0.29, 0.717) is 5.89 Å². The first-order valence-electron chi connectivity index (χ1n) is 6.36. The van der Waals surface area contributed by atoms with Gasteiger partial charge in [-0.25, -0.2) is 4.98 Å². The van der Waals surface area contributed by atoms with Crippen LogP contribution in [0.25, 0.3) is 22.7 Å². The molecule has 1 aromatic carbocycles. The average molecular weight is 252 g/mol. The van der Waals surface area contributed by atoms with Gasteiger partial charge in [-0.2, -0.15) is 0 Å². The zero-order chi connectivity index (χ0) is 13.5. The van der Waals surface area contributed by atoms with Crippen LogP contribution in [0.5, 0.6) is 0 Å². The predicted octanol–water partition coefficient (Wildman–Crippen LogP) is 4.19. The number of nitrogens with zero attached hydrogens (tertiary/aromatic N) is 2. The van der Waals surface area contributed by atoms with Crippen molar-refractivity contribution in [2.24, 2.45) is 0 Å². The van der Waals surface area contributed by atoms with Crippen molar-refractivity contribution in [2.75, 3.05) is 0 Å². The molecule has 0 aliphatic rings. The summed E-state index contributed by atoms with van der Waals surface area (Å²) in [5.41, 5.74) is 3.80. The topological polar surface area (TPSA) is 38.9 Å². The van der Waals surface area contributed by atoms with Crippen LogP contribution < -0.4 is 0 Å². The quantitative estimate of drug-likeness (QED) is 0.652. The van der Waals surface area contributed by atoms with Gasteiger partial charge in [-0.15, -0.1) is 0 Å². The SMILES string of the molecule is CC(C)(C)c1ccc2oc(-c3ccccn3)nc2c1. The van der Waals surface area contributed by atoms with E-state index in [9.17, 15) is 0 Å². The van der Waals surface area contributed by atoms with Gasteiger partial charge in [0.05, 0.1) is 0 Å². The molecule has 0 aliphatic heterocycles. The molecule has 19 heavy (non-hydrogen) atoms. The molecule has 0 saturated heterocycles. The number of aromatic nitrogens is 2. The van der Waals surface area contributed by atoms with Gasteiger partial charge >= 0.3 is 0 Å². The molecule has 2 heterocycles. The summed E-state index contributed by atoms with van der Waals surface area (Å²) in [6, 6.07) is 11.9. The van der Waals surface area contributed by atoms with Crippen molar-refractivity contribution in [2.45, 2.75) is 26.2 Å². The second-order valence-corrected chi connectivity index (χ2v) is 5.67. The lowest BCUT2D eigenvalue weighted by atomic mass is 9.87. The third-order valence-corrected chi connectivity index (χ3v) is 3.14. The average Bonchev–Trinajstić information content (AvgIpc) is 2.81. The lowest BCUT2D eigenvalue weighted by Gasteiger charge is -2.18. The smallest absolute Gasteiger partial charge is 0.246 e. The minimum absolute atomic E-state index is 0.109. The van der Waals surface area contributed by atoms with Crippen molar-refractivity contribution in [1.82, 2.24) is 9.97 Å². The fraction of sp³-hybridized carbons (Fsp3) is 0.250. The van der Waals surface area contributed by atoms with Gasteiger partial charge in [0.1, 0.15) is 11.2 Å². The van der Waals surface area contributed by atoms with Gasteiger partial charge in [-0.1, -0.05) is 32.9 Å². The molecule has 3 aromatic rings. The van der Waals surface area contributed by atoms with Gasteiger partial charge in [0, 0.05) is 6.20 Å². The Morgan fingerprint density at radius 1 is 1.05 bits per heavy atom. The number of rotatable bonds is 1. The van der Waals surface area contributed by atoms with Gasteiger partial charge < -0.3 is 4.42 Å². The predicted molar refractivity (Wildman–Crippen MR) is 75.9 cm³/mol. The van der Waals surface area contributed by atoms with Crippen LogP contribution in [0.2, 0.25) is 0 Å². The summed E-state index contributed by atoms with van der Waals surface area (Å²) in [5, 5.41) is 0. The molecule has 0 saturated carbocycles. The van der Waals surface area contributed by atoms with E-state index in [-0.39, 0.29) is 5.41 Å². The Balaban J connectivity index is 2.12. The normalized spacial score (nSPS) is 11.9. The Hall–Kier alpha value is -2.16. The van der Waals surface area contributed by atoms with Crippen LogP contribution in [0.1, 0.15) is 26.3 Å². The third-order valence-electron chi connectivity index (χ3n) is 3.14. The van der Waals surface area contributed by atoms with Crippen molar-refractivity contribution in [1.29, 1.82) is 0 Å². The Kier molecular flexibility index (Phi) is 2.63. The highest BCUT2D eigenvalue weighted by Gasteiger charge is 2.16. The van der Waals surface area contributed by atoms with Crippen LogP contribution in [-0.4, -0.2) is 9.97 Å². The molecule has 96 valence electrons. The standard InChI is InChI=1S/C16H16N2O/c1-16(2,3)11-7-8-14-13(10-11)18-15(19-14)12-6-4-5-9-17-12/h4-10H,1-3H3. The Morgan fingerprint density at radius 3 is 2.58 bits per heavy atom. The highest BCUT2D eigenvalue weighted by Crippen LogP contribution is 2.28. The molecular formula is C16H16N2O. The van der Waals surface area contributed by atoms with E-state index in [1.807, 2.05) is 24.3 Å². The van der Waals surface area contributed by atoms with Gasteiger partial charge in [-0.3, -0.25) is 4.98 Å². The molecule has 0 spiro atoms. The molecule has 0 fully saturated rings. The van der Waals surface area contributed by atoms with Gasteiger partial charge in [0.25, 0.3) is 0 Å². The van der Waals surface area contributed by atoms with Gasteiger partial charge in [-0.05, 0) is 35.2 Å². The largest absolute Gasteiger partial charge is 0.435 e. The van der Waals surface area contributed by atoms with Crippen LogP contribution in [0.15, 0.2) is 47.0 Å². The first kappa shape index (κ1) is 11.9. The maximum Gasteiger partial charge on any atom is 0.246 e. The van der Waals surface area contributed by atoms with Crippen molar-refractivity contribution < 1.29 is 4.42 Å². The first-order valence-corrected chi connectivity index (χ1v) is 6.36. The zero-order valence-corrected chi connectivity index (χ0v) is 11.3. The summed E-state index contributed by atoms with van der Waals surface area (Å²) in [4.78, 5) is 8.79. The molecule has 0 bridgehead atoms. The van der Waals surface area contributed by atoms with Gasteiger partial charge in [0.15, 0.2) is 5.58 Å². The number of fused-ring (bicyclic) bond motifs is 1. The van der Waals surface area contributed by atoms with Crippen LogP contribution in [-0.2, 0) is 5.41 Å². The summed E-state index contributed by atoms with van der Waals surface area (Å²) >= 11 is 0. The molecule has 0 unspecified atom stereocenters. The van der Waals surface area contributed by atoms with Crippen LogP contribution in [0, 0.1) is 0 Å². The first-order chi connectivity index (χ1) is 9.04. The second-order valence-electron chi connectivity index (χ2n) is 5.67. The molecule has 3 heteroatoms. The lowest BCUT2D eigenvalue weighted by Crippen LogP contribution is -2.10. The van der Waals surface area contributed by atoms with E-state index in [4.69, 9.17) is 4.42 Å². The van der Waals surface area contributed by atoms with E-state index in [2.05, 4.69) is 42.9 Å². The zero-order valence-electron chi connectivity index (χ0n) is 11.3. The maximum absolute atomic E-state index is 5.75. The van der Waals surface area contributed by atoms with E-state index in [1.165, 1.54) is 5.56 Å². The Labute approximate surface area is 112 Å². The summed E-state index contributed by atoms with van der Waals surface area (Å²) in [5.74, 6) is 0.571. The number of oxazole rings is 1. The van der Waals surface area contributed by atoms with E-state index in [0.717, 1.165) is 16.8 Å². The molecular weight excluding hydrogens is 236 g/mol. The summed E-state index contributed by atoms with van der Waals surface area (Å²) in [7, 11) is 0. The molecule has 2 aromatic heterocycles. The van der Waals surface area contributed by atoms with Crippen molar-refractivity contribution >= 4 is 11.1 Å². The number of benzene rings is 1. The maximum atomic E-state index is 5.75. The fourth-order valence-electron chi connectivity index (χ4n) is 1.99. The van der Waals surface area contributed by atoms with Crippen molar-refractivity contribution in [3.8, 4) is 11.6 Å². The summed E-state index contributed by atoms with van der Waals surface area (Å²) in [6.07, 6.45) is 1.74. The van der Waals surface area contributed by atoms with E-state index in [1.54, 1.807) is 6.20 Å². The molecule has 0 N–H and O–H groups in total. The molecule has 0 amide bonds. The van der Waals surface area contributed by atoms with E-state index >= 15 is 0 Å². The molecule has 0 aliphatic carbocycles. The monoisotopic (exact) mass is 252 g/mol. The molecule has 3 rings (SSSR count). The van der Waals surface area contributed by atoms with E-state index < -0.39 is 0 Å². The van der Waals surface area contributed by atoms with Crippen molar-refractivity contribution in [3.05, 3.63) is 48.2 Å². The van der Waals surface area contributed by atoms with Crippen molar-refractivity contribution in [3.63, 3.8) is 0 Å². The summed E-state index contributed by atoms with van der Waals surface area (Å²) in [6.45, 7) is 6.57. The highest BCUT2D eigenvalue weighted by molar-refractivity contribution is 5.76. The van der Waals surface area contributed by atoms with Crippen LogP contribution in [0.4, 0.5) is 0 Å². The fourth-order valence-corrected chi connectivity index (χ4v) is 1.99. The Morgan fingerprint density at radius 2 is 1.89 bits per heavy atom. The summed E-state index contributed by atoms with van der Waals surface area (Å²) < 4.78 is 5.75.